The van der Waals surface area contributed by atoms with Crippen molar-refractivity contribution in [2.45, 2.75) is 12.3 Å². The van der Waals surface area contributed by atoms with Gasteiger partial charge in [0.05, 0.1) is 19.2 Å². The third-order valence-electron chi connectivity index (χ3n) is 1.66. The summed E-state index contributed by atoms with van der Waals surface area (Å²) < 4.78 is 42.4. The van der Waals surface area contributed by atoms with Crippen molar-refractivity contribution in [2.24, 2.45) is 0 Å². The van der Waals surface area contributed by atoms with E-state index in [4.69, 9.17) is 11.6 Å². The number of rotatable bonds is 3. The van der Waals surface area contributed by atoms with Crippen LogP contribution in [0.1, 0.15) is 17.7 Å². The standard InChI is InChI=1S/C8H7ClF3NO/c1-14-7-4(2-9)5(10)3-13-6(7)8(11)12/h3,8H,2H2,1H3. The Balaban J connectivity index is 3.33. The van der Waals surface area contributed by atoms with Crippen molar-refractivity contribution in [3.63, 3.8) is 0 Å². The summed E-state index contributed by atoms with van der Waals surface area (Å²) in [5.74, 6) is -1.27. The van der Waals surface area contributed by atoms with Gasteiger partial charge in [0.1, 0.15) is 11.5 Å². The van der Waals surface area contributed by atoms with E-state index in [0.29, 0.717) is 6.20 Å². The molecule has 1 rings (SSSR count). The van der Waals surface area contributed by atoms with Crippen LogP contribution in [0.4, 0.5) is 13.2 Å². The van der Waals surface area contributed by atoms with E-state index in [-0.39, 0.29) is 17.2 Å². The molecule has 0 saturated heterocycles. The maximum atomic E-state index is 13.0. The van der Waals surface area contributed by atoms with Crippen molar-refractivity contribution >= 4 is 11.6 Å². The Bertz CT molecular complexity index is 333. The largest absolute Gasteiger partial charge is 0.494 e. The van der Waals surface area contributed by atoms with Crippen LogP contribution in [0.25, 0.3) is 0 Å². The Labute approximate surface area is 83.7 Å². The molecule has 0 fully saturated rings. The average molecular weight is 226 g/mol. The van der Waals surface area contributed by atoms with Crippen molar-refractivity contribution in [3.8, 4) is 5.75 Å². The molecule has 0 atom stereocenters. The maximum absolute atomic E-state index is 13.0. The first-order chi connectivity index (χ1) is 6.61. The van der Waals surface area contributed by atoms with Gasteiger partial charge >= 0.3 is 0 Å². The van der Waals surface area contributed by atoms with Gasteiger partial charge in [0.15, 0.2) is 5.75 Å². The van der Waals surface area contributed by atoms with Gasteiger partial charge in [-0.05, 0) is 0 Å². The van der Waals surface area contributed by atoms with Gasteiger partial charge in [-0.25, -0.2) is 18.2 Å². The highest BCUT2D eigenvalue weighted by Gasteiger charge is 2.21. The van der Waals surface area contributed by atoms with Gasteiger partial charge in [0.25, 0.3) is 6.43 Å². The molecule has 2 nitrogen and oxygen atoms in total. The molecule has 0 saturated carbocycles. The minimum absolute atomic E-state index is 0.0977. The first-order valence-corrected chi connectivity index (χ1v) is 4.20. The second-order valence-electron chi connectivity index (χ2n) is 2.44. The van der Waals surface area contributed by atoms with Crippen molar-refractivity contribution in [2.75, 3.05) is 7.11 Å². The van der Waals surface area contributed by atoms with Crippen LogP contribution in [-0.2, 0) is 5.88 Å². The van der Waals surface area contributed by atoms with E-state index in [1.165, 1.54) is 7.11 Å². The molecule has 0 unspecified atom stereocenters. The summed E-state index contributed by atoms with van der Waals surface area (Å²) in [6, 6.07) is 0. The van der Waals surface area contributed by atoms with Crippen LogP contribution in [0.2, 0.25) is 0 Å². The fourth-order valence-electron chi connectivity index (χ4n) is 1.03. The van der Waals surface area contributed by atoms with Crippen LogP contribution in [0.15, 0.2) is 6.20 Å². The summed E-state index contributed by atoms with van der Waals surface area (Å²) in [6.07, 6.45) is -2.10. The van der Waals surface area contributed by atoms with E-state index >= 15 is 0 Å². The number of alkyl halides is 3. The summed E-state index contributed by atoms with van der Waals surface area (Å²) in [5.41, 5.74) is -0.691. The van der Waals surface area contributed by atoms with E-state index < -0.39 is 17.9 Å². The van der Waals surface area contributed by atoms with Crippen molar-refractivity contribution in [1.29, 1.82) is 0 Å². The summed E-state index contributed by atoms with van der Waals surface area (Å²) in [6.45, 7) is 0. The fourth-order valence-corrected chi connectivity index (χ4v) is 1.28. The lowest BCUT2D eigenvalue weighted by molar-refractivity contribution is 0.141. The predicted octanol–water partition coefficient (Wildman–Crippen LogP) is 2.91. The Kier molecular flexibility index (Phi) is 3.57. The Morgan fingerprint density at radius 2 is 2.21 bits per heavy atom. The smallest absolute Gasteiger partial charge is 0.284 e. The Morgan fingerprint density at radius 1 is 1.57 bits per heavy atom. The van der Waals surface area contributed by atoms with Crippen molar-refractivity contribution in [3.05, 3.63) is 23.3 Å². The molecule has 0 spiro atoms. The van der Waals surface area contributed by atoms with E-state index in [1.807, 2.05) is 0 Å². The van der Waals surface area contributed by atoms with Crippen LogP contribution in [0, 0.1) is 5.82 Å². The van der Waals surface area contributed by atoms with Crippen LogP contribution >= 0.6 is 11.6 Å². The van der Waals surface area contributed by atoms with Gasteiger partial charge in [0.2, 0.25) is 0 Å². The third-order valence-corrected chi connectivity index (χ3v) is 1.92. The van der Waals surface area contributed by atoms with Crippen LogP contribution in [-0.4, -0.2) is 12.1 Å². The van der Waals surface area contributed by atoms with E-state index in [2.05, 4.69) is 9.72 Å². The normalized spacial score (nSPS) is 10.7. The quantitative estimate of drug-likeness (QED) is 0.738. The maximum Gasteiger partial charge on any atom is 0.284 e. The van der Waals surface area contributed by atoms with Crippen LogP contribution < -0.4 is 4.74 Å². The zero-order valence-corrected chi connectivity index (χ0v) is 7.99. The first kappa shape index (κ1) is 11.1. The van der Waals surface area contributed by atoms with Crippen molar-refractivity contribution in [1.82, 2.24) is 4.98 Å². The first-order valence-electron chi connectivity index (χ1n) is 3.67. The number of halogens is 4. The zero-order valence-electron chi connectivity index (χ0n) is 7.23. The number of hydrogen-bond donors (Lipinski definition) is 0. The molecule has 0 amide bonds. The number of methoxy groups -OCH3 is 1. The molecule has 0 aromatic carbocycles. The molecule has 14 heavy (non-hydrogen) atoms. The van der Waals surface area contributed by atoms with Crippen molar-refractivity contribution < 1.29 is 17.9 Å². The topological polar surface area (TPSA) is 22.1 Å². The average Bonchev–Trinajstić information content (AvgIpc) is 2.16. The number of aromatic nitrogens is 1. The van der Waals surface area contributed by atoms with Gasteiger partial charge < -0.3 is 4.74 Å². The number of pyridine rings is 1. The summed E-state index contributed by atoms with van der Waals surface area (Å²) in [4.78, 5) is 3.25. The monoisotopic (exact) mass is 225 g/mol. The van der Waals surface area contributed by atoms with E-state index in [0.717, 1.165) is 0 Å². The molecule has 0 aliphatic heterocycles. The lowest BCUT2D eigenvalue weighted by atomic mass is 10.2. The predicted molar refractivity (Wildman–Crippen MR) is 45.3 cm³/mol. The third kappa shape index (κ3) is 1.92. The summed E-state index contributed by atoms with van der Waals surface area (Å²) >= 11 is 5.40. The highest BCUT2D eigenvalue weighted by atomic mass is 35.5. The molecular formula is C8H7ClF3NO. The molecule has 0 aliphatic rings. The molecule has 1 aromatic rings. The van der Waals surface area contributed by atoms with E-state index in [1.54, 1.807) is 0 Å². The zero-order chi connectivity index (χ0) is 10.7. The Morgan fingerprint density at radius 3 is 2.64 bits per heavy atom. The van der Waals surface area contributed by atoms with Crippen LogP contribution in [0.3, 0.4) is 0 Å². The fraction of sp³-hybridized carbons (Fsp3) is 0.375. The number of nitrogens with zero attached hydrogens (tertiary/aromatic N) is 1. The number of hydrogen-bond acceptors (Lipinski definition) is 2. The molecular weight excluding hydrogens is 219 g/mol. The molecule has 78 valence electrons. The summed E-state index contributed by atoms with van der Waals surface area (Å²) in [5, 5.41) is 0. The van der Waals surface area contributed by atoms with Gasteiger partial charge in [0, 0.05) is 5.56 Å². The Hall–Kier alpha value is -0.970. The molecule has 0 aliphatic carbocycles. The second kappa shape index (κ2) is 4.50. The van der Waals surface area contributed by atoms with E-state index in [9.17, 15) is 13.2 Å². The molecule has 1 aromatic heterocycles. The molecule has 1 heterocycles. The van der Waals surface area contributed by atoms with Crippen LogP contribution in [0.5, 0.6) is 5.75 Å². The highest BCUT2D eigenvalue weighted by Crippen LogP contribution is 2.32. The molecule has 6 heteroatoms. The molecule has 0 N–H and O–H groups in total. The second-order valence-corrected chi connectivity index (χ2v) is 2.70. The lowest BCUT2D eigenvalue weighted by Crippen LogP contribution is -2.02. The molecule has 0 bridgehead atoms. The summed E-state index contributed by atoms with van der Waals surface area (Å²) in [7, 11) is 1.17. The van der Waals surface area contributed by atoms with Gasteiger partial charge in [-0.1, -0.05) is 0 Å². The minimum atomic E-state index is -2.81. The van der Waals surface area contributed by atoms with Gasteiger partial charge in [-0.2, -0.15) is 0 Å². The lowest BCUT2D eigenvalue weighted by Gasteiger charge is -2.10. The van der Waals surface area contributed by atoms with Gasteiger partial charge in [-0.15, -0.1) is 11.6 Å². The number of ether oxygens (including phenoxy) is 1. The van der Waals surface area contributed by atoms with Gasteiger partial charge in [-0.3, -0.25) is 0 Å². The molecule has 0 radical (unpaired) electrons. The minimum Gasteiger partial charge on any atom is -0.494 e. The highest BCUT2D eigenvalue weighted by molar-refractivity contribution is 6.17. The SMILES string of the molecule is COc1c(C(F)F)ncc(F)c1CCl.